The van der Waals surface area contributed by atoms with Crippen LogP contribution in [-0.4, -0.2) is 31.3 Å². The van der Waals surface area contributed by atoms with Gasteiger partial charge < -0.3 is 14.8 Å². The Morgan fingerprint density at radius 2 is 2.10 bits per heavy atom. The summed E-state index contributed by atoms with van der Waals surface area (Å²) in [6.07, 6.45) is 2.18. The second kappa shape index (κ2) is 8.35. The maximum Gasteiger partial charge on any atom is 0.213 e. The summed E-state index contributed by atoms with van der Waals surface area (Å²) >= 11 is 0. The van der Waals surface area contributed by atoms with Crippen LogP contribution in [0.3, 0.4) is 0 Å². The predicted molar refractivity (Wildman–Crippen MR) is 84.7 cm³/mol. The third-order valence-electron chi connectivity index (χ3n) is 3.86. The molecule has 1 saturated heterocycles. The second-order valence-corrected chi connectivity index (χ2v) is 6.04. The first-order chi connectivity index (χ1) is 10.2. The van der Waals surface area contributed by atoms with Crippen LogP contribution in [0.15, 0.2) is 12.1 Å². The molecule has 1 fully saturated rings. The standard InChI is InChI=1S/C17H28N2O2/c1-4-18-11-15-9-16(13(2)3)19-17(10-15)21-12-14-5-7-20-8-6-14/h9-10,13-14,18H,4-8,11-12H2,1-3H3. The Kier molecular flexibility index (Phi) is 6.46. The van der Waals surface area contributed by atoms with E-state index in [0.717, 1.165) is 57.3 Å². The topological polar surface area (TPSA) is 43.4 Å². The van der Waals surface area contributed by atoms with Crippen molar-refractivity contribution in [1.29, 1.82) is 0 Å². The Labute approximate surface area is 128 Å². The number of rotatable bonds is 7. The molecular weight excluding hydrogens is 264 g/mol. The fraction of sp³-hybridized carbons (Fsp3) is 0.706. The highest BCUT2D eigenvalue weighted by Gasteiger charge is 2.15. The fourth-order valence-electron chi connectivity index (χ4n) is 2.44. The lowest BCUT2D eigenvalue weighted by molar-refractivity contribution is 0.0490. The molecule has 1 aromatic rings. The van der Waals surface area contributed by atoms with E-state index in [-0.39, 0.29) is 0 Å². The molecule has 0 bridgehead atoms. The fourth-order valence-corrected chi connectivity index (χ4v) is 2.44. The van der Waals surface area contributed by atoms with Crippen LogP contribution in [0.4, 0.5) is 0 Å². The van der Waals surface area contributed by atoms with Crippen LogP contribution in [0.1, 0.15) is 50.8 Å². The van der Waals surface area contributed by atoms with E-state index in [2.05, 4.69) is 43.2 Å². The Bertz CT molecular complexity index is 429. The van der Waals surface area contributed by atoms with Gasteiger partial charge in [0.1, 0.15) is 0 Å². The summed E-state index contributed by atoms with van der Waals surface area (Å²) in [7, 11) is 0. The predicted octanol–water partition coefficient (Wildman–Crippen LogP) is 3.12. The first-order valence-corrected chi connectivity index (χ1v) is 8.11. The van der Waals surface area contributed by atoms with Crippen molar-refractivity contribution in [3.63, 3.8) is 0 Å². The number of hydrogen-bond donors (Lipinski definition) is 1. The van der Waals surface area contributed by atoms with Gasteiger partial charge in [-0.25, -0.2) is 4.98 Å². The molecule has 0 spiro atoms. The van der Waals surface area contributed by atoms with Crippen LogP contribution in [0, 0.1) is 5.92 Å². The molecule has 0 saturated carbocycles. The summed E-state index contributed by atoms with van der Waals surface area (Å²) in [5.41, 5.74) is 2.35. The van der Waals surface area contributed by atoms with E-state index in [9.17, 15) is 0 Å². The maximum absolute atomic E-state index is 5.96. The number of nitrogens with one attached hydrogen (secondary N) is 1. The number of pyridine rings is 1. The van der Waals surface area contributed by atoms with Crippen molar-refractivity contribution < 1.29 is 9.47 Å². The molecule has 1 aromatic heterocycles. The third-order valence-corrected chi connectivity index (χ3v) is 3.86. The largest absolute Gasteiger partial charge is 0.477 e. The van der Waals surface area contributed by atoms with Crippen LogP contribution in [0.5, 0.6) is 5.88 Å². The molecule has 0 atom stereocenters. The van der Waals surface area contributed by atoms with E-state index in [0.29, 0.717) is 11.8 Å². The molecule has 4 heteroatoms. The quantitative estimate of drug-likeness (QED) is 0.838. The van der Waals surface area contributed by atoms with Gasteiger partial charge in [0.15, 0.2) is 0 Å². The number of ether oxygens (including phenoxy) is 2. The number of aromatic nitrogens is 1. The minimum Gasteiger partial charge on any atom is -0.477 e. The Morgan fingerprint density at radius 1 is 1.33 bits per heavy atom. The van der Waals surface area contributed by atoms with Gasteiger partial charge in [-0.3, -0.25) is 0 Å². The zero-order valence-corrected chi connectivity index (χ0v) is 13.5. The van der Waals surface area contributed by atoms with Gasteiger partial charge in [-0.15, -0.1) is 0 Å². The molecular formula is C17H28N2O2. The normalized spacial score (nSPS) is 16.4. The van der Waals surface area contributed by atoms with Gasteiger partial charge in [-0.1, -0.05) is 20.8 Å². The van der Waals surface area contributed by atoms with E-state index in [1.807, 2.05) is 0 Å². The summed E-state index contributed by atoms with van der Waals surface area (Å²) < 4.78 is 11.3. The molecule has 0 unspecified atom stereocenters. The summed E-state index contributed by atoms with van der Waals surface area (Å²) in [6, 6.07) is 4.24. The van der Waals surface area contributed by atoms with Crippen molar-refractivity contribution in [2.45, 2.75) is 46.1 Å². The first-order valence-electron chi connectivity index (χ1n) is 8.11. The highest BCUT2D eigenvalue weighted by molar-refractivity contribution is 5.26. The van der Waals surface area contributed by atoms with Crippen molar-refractivity contribution in [2.24, 2.45) is 5.92 Å². The molecule has 21 heavy (non-hydrogen) atoms. The van der Waals surface area contributed by atoms with Crippen LogP contribution in [0.2, 0.25) is 0 Å². The zero-order valence-electron chi connectivity index (χ0n) is 13.5. The first kappa shape index (κ1) is 16.2. The van der Waals surface area contributed by atoms with E-state index >= 15 is 0 Å². The summed E-state index contributed by atoms with van der Waals surface area (Å²) in [6.45, 7) is 10.8. The van der Waals surface area contributed by atoms with E-state index in [4.69, 9.17) is 9.47 Å². The summed E-state index contributed by atoms with van der Waals surface area (Å²) in [5.74, 6) is 1.78. The van der Waals surface area contributed by atoms with E-state index in [1.54, 1.807) is 0 Å². The molecule has 0 amide bonds. The monoisotopic (exact) mass is 292 g/mol. The van der Waals surface area contributed by atoms with Gasteiger partial charge in [0.2, 0.25) is 5.88 Å². The Hall–Kier alpha value is -1.13. The second-order valence-electron chi connectivity index (χ2n) is 6.04. The lowest BCUT2D eigenvalue weighted by Gasteiger charge is -2.22. The Morgan fingerprint density at radius 3 is 2.76 bits per heavy atom. The SMILES string of the molecule is CCNCc1cc(OCC2CCOCC2)nc(C(C)C)c1. The highest BCUT2D eigenvalue weighted by atomic mass is 16.5. The van der Waals surface area contributed by atoms with Gasteiger partial charge in [0, 0.05) is 31.5 Å². The van der Waals surface area contributed by atoms with Crippen molar-refractivity contribution in [1.82, 2.24) is 10.3 Å². The summed E-state index contributed by atoms with van der Waals surface area (Å²) in [4.78, 5) is 4.64. The minimum absolute atomic E-state index is 0.414. The molecule has 1 aliphatic heterocycles. The molecule has 0 aliphatic carbocycles. The van der Waals surface area contributed by atoms with Crippen LogP contribution < -0.4 is 10.1 Å². The molecule has 2 rings (SSSR count). The molecule has 0 radical (unpaired) electrons. The summed E-state index contributed by atoms with van der Waals surface area (Å²) in [5, 5.41) is 3.36. The van der Waals surface area contributed by atoms with E-state index < -0.39 is 0 Å². The van der Waals surface area contributed by atoms with Crippen molar-refractivity contribution >= 4 is 0 Å². The van der Waals surface area contributed by atoms with Crippen LogP contribution in [-0.2, 0) is 11.3 Å². The Balaban J connectivity index is 2.00. The van der Waals surface area contributed by atoms with E-state index in [1.165, 1.54) is 5.56 Å². The van der Waals surface area contributed by atoms with Crippen molar-refractivity contribution in [3.8, 4) is 5.88 Å². The van der Waals surface area contributed by atoms with Gasteiger partial charge in [0.25, 0.3) is 0 Å². The average Bonchev–Trinajstić information content (AvgIpc) is 2.51. The molecule has 0 aromatic carbocycles. The molecule has 118 valence electrons. The van der Waals surface area contributed by atoms with Gasteiger partial charge in [0.05, 0.1) is 6.61 Å². The maximum atomic E-state index is 5.96. The average molecular weight is 292 g/mol. The molecule has 4 nitrogen and oxygen atoms in total. The van der Waals surface area contributed by atoms with Crippen molar-refractivity contribution in [3.05, 3.63) is 23.4 Å². The van der Waals surface area contributed by atoms with Gasteiger partial charge in [-0.05, 0) is 42.9 Å². The smallest absolute Gasteiger partial charge is 0.213 e. The number of hydrogen-bond acceptors (Lipinski definition) is 4. The van der Waals surface area contributed by atoms with Gasteiger partial charge in [-0.2, -0.15) is 0 Å². The molecule has 2 heterocycles. The third kappa shape index (κ3) is 5.29. The zero-order chi connectivity index (χ0) is 15.1. The van der Waals surface area contributed by atoms with Crippen molar-refractivity contribution in [2.75, 3.05) is 26.4 Å². The van der Waals surface area contributed by atoms with Crippen LogP contribution in [0.25, 0.3) is 0 Å². The molecule has 1 aliphatic rings. The lowest BCUT2D eigenvalue weighted by Crippen LogP contribution is -2.22. The number of nitrogens with zero attached hydrogens (tertiary/aromatic N) is 1. The lowest BCUT2D eigenvalue weighted by atomic mass is 10.0. The minimum atomic E-state index is 0.414. The van der Waals surface area contributed by atoms with Gasteiger partial charge >= 0.3 is 0 Å². The van der Waals surface area contributed by atoms with Crippen LogP contribution >= 0.6 is 0 Å². The molecule has 1 N–H and O–H groups in total. The highest BCUT2D eigenvalue weighted by Crippen LogP contribution is 2.21.